The first kappa shape index (κ1) is 10.6. The van der Waals surface area contributed by atoms with Crippen LogP contribution >= 0.6 is 0 Å². The normalized spacial score (nSPS) is 11.7. The predicted octanol–water partition coefficient (Wildman–Crippen LogP) is 3.06. The average molecular weight is 236 g/mol. The average Bonchev–Trinajstić information content (AvgIpc) is 2.46. The predicted molar refractivity (Wildman–Crippen MR) is 70.9 cm³/mol. The van der Waals surface area contributed by atoms with Gasteiger partial charge < -0.3 is 9.82 Å². The maximum atomic E-state index is 5.33. The summed E-state index contributed by atoms with van der Waals surface area (Å²) < 4.78 is 0. The molecular formula is C15H12N2O. The molecule has 3 heteroatoms. The number of H-pyrrole nitrogens is 1. The lowest BCUT2D eigenvalue weighted by Crippen LogP contribution is -2.08. The molecule has 0 unspecified atom stereocenters. The van der Waals surface area contributed by atoms with Crippen LogP contribution in [-0.2, 0) is 0 Å². The molecule has 0 saturated carbocycles. The molecule has 3 aromatic rings. The van der Waals surface area contributed by atoms with Crippen molar-refractivity contribution in [3.63, 3.8) is 0 Å². The highest BCUT2D eigenvalue weighted by molar-refractivity contribution is 5.77. The van der Waals surface area contributed by atoms with E-state index in [1.165, 1.54) is 0 Å². The first-order valence-electron chi connectivity index (χ1n) is 5.76. The van der Waals surface area contributed by atoms with E-state index in [0.717, 1.165) is 16.7 Å². The van der Waals surface area contributed by atoms with E-state index in [-0.39, 0.29) is 0 Å². The minimum Gasteiger partial charge on any atom is -0.355 e. The van der Waals surface area contributed by atoms with Crippen LogP contribution in [-0.4, -0.2) is 4.98 Å². The molecule has 0 fully saturated rings. The van der Waals surface area contributed by atoms with Gasteiger partial charge in [0.15, 0.2) is 11.2 Å². The van der Waals surface area contributed by atoms with E-state index in [0.29, 0.717) is 5.49 Å². The van der Waals surface area contributed by atoms with Crippen LogP contribution in [0.25, 0.3) is 10.9 Å². The molecule has 0 aliphatic heterocycles. The minimum atomic E-state index is 0.692. The Morgan fingerprint density at radius 2 is 1.56 bits per heavy atom. The molecule has 0 spiro atoms. The van der Waals surface area contributed by atoms with E-state index in [2.05, 4.69) is 10.1 Å². The van der Waals surface area contributed by atoms with E-state index in [4.69, 9.17) is 4.84 Å². The van der Waals surface area contributed by atoms with Gasteiger partial charge in [0.2, 0.25) is 0 Å². The molecule has 2 aromatic carbocycles. The van der Waals surface area contributed by atoms with Crippen molar-refractivity contribution in [3.8, 4) is 5.75 Å². The van der Waals surface area contributed by atoms with Crippen molar-refractivity contribution in [3.05, 3.63) is 72.2 Å². The van der Waals surface area contributed by atoms with Gasteiger partial charge in [0.25, 0.3) is 0 Å². The number of aromatic nitrogens is 1. The second-order valence-corrected chi connectivity index (χ2v) is 3.93. The number of para-hydroxylation sites is 2. The van der Waals surface area contributed by atoms with E-state index in [1.54, 1.807) is 0 Å². The first-order chi connectivity index (χ1) is 8.92. The third-order valence-electron chi connectivity index (χ3n) is 2.64. The fraction of sp³-hybridized carbons (Fsp3) is 0. The van der Waals surface area contributed by atoms with Gasteiger partial charge >= 0.3 is 0 Å². The van der Waals surface area contributed by atoms with Crippen LogP contribution < -0.4 is 10.3 Å². The van der Waals surface area contributed by atoms with Crippen LogP contribution in [0.15, 0.2) is 71.9 Å². The van der Waals surface area contributed by atoms with Gasteiger partial charge in [-0.1, -0.05) is 41.6 Å². The van der Waals surface area contributed by atoms with Gasteiger partial charge in [0.1, 0.15) is 0 Å². The lowest BCUT2D eigenvalue weighted by Gasteiger charge is -1.98. The van der Waals surface area contributed by atoms with Gasteiger partial charge in [0, 0.05) is 5.52 Å². The Morgan fingerprint density at radius 1 is 0.778 bits per heavy atom. The molecule has 0 radical (unpaired) electrons. The Bertz CT molecular complexity index is 717. The fourth-order valence-electron chi connectivity index (χ4n) is 1.74. The van der Waals surface area contributed by atoms with Gasteiger partial charge in [-0.15, -0.1) is 0 Å². The molecule has 88 valence electrons. The van der Waals surface area contributed by atoms with Crippen molar-refractivity contribution in [2.75, 3.05) is 0 Å². The third-order valence-corrected chi connectivity index (χ3v) is 2.64. The molecule has 0 aliphatic rings. The summed E-state index contributed by atoms with van der Waals surface area (Å²) in [5, 5.41) is 5.22. The summed E-state index contributed by atoms with van der Waals surface area (Å²) in [6, 6.07) is 21.5. The molecule has 3 nitrogen and oxygen atoms in total. The first-order valence-corrected chi connectivity index (χ1v) is 5.76. The number of hydrogen-bond donors (Lipinski definition) is 1. The number of hydrogen-bond acceptors (Lipinski definition) is 2. The Balaban J connectivity index is 1.94. The Labute approximate surface area is 104 Å². The van der Waals surface area contributed by atoms with Crippen LogP contribution in [0, 0.1) is 0 Å². The zero-order valence-corrected chi connectivity index (χ0v) is 9.71. The smallest absolute Gasteiger partial charge is 0.170 e. The second-order valence-electron chi connectivity index (χ2n) is 3.93. The van der Waals surface area contributed by atoms with Crippen molar-refractivity contribution in [1.82, 2.24) is 4.98 Å². The van der Waals surface area contributed by atoms with E-state index < -0.39 is 0 Å². The maximum absolute atomic E-state index is 5.33. The van der Waals surface area contributed by atoms with E-state index in [9.17, 15) is 0 Å². The van der Waals surface area contributed by atoms with Crippen molar-refractivity contribution < 1.29 is 4.84 Å². The SMILES string of the molecule is c1ccc(ON=c2ccc3ccccc3[nH]2)cc1. The molecule has 0 amide bonds. The number of nitrogens with one attached hydrogen (secondary N) is 1. The van der Waals surface area contributed by atoms with Crippen LogP contribution in [0.3, 0.4) is 0 Å². The Hall–Kier alpha value is -2.55. The molecule has 0 saturated heterocycles. The fourth-order valence-corrected chi connectivity index (χ4v) is 1.74. The third kappa shape index (κ3) is 2.25. The summed E-state index contributed by atoms with van der Waals surface area (Å²) in [6.45, 7) is 0. The van der Waals surface area contributed by atoms with Crippen molar-refractivity contribution >= 4 is 10.9 Å². The molecule has 0 aliphatic carbocycles. The molecule has 1 N–H and O–H groups in total. The topological polar surface area (TPSA) is 37.4 Å². The summed E-state index contributed by atoms with van der Waals surface area (Å²) in [4.78, 5) is 8.54. The van der Waals surface area contributed by atoms with Gasteiger partial charge in [0.05, 0.1) is 0 Å². The molecule has 0 bridgehead atoms. The monoisotopic (exact) mass is 236 g/mol. The molecule has 3 rings (SSSR count). The summed E-state index contributed by atoms with van der Waals surface area (Å²) in [7, 11) is 0. The number of nitrogens with zero attached hydrogens (tertiary/aromatic N) is 1. The largest absolute Gasteiger partial charge is 0.355 e. The second kappa shape index (κ2) is 4.75. The summed E-state index contributed by atoms with van der Waals surface area (Å²) in [5.74, 6) is 0.721. The lowest BCUT2D eigenvalue weighted by atomic mass is 10.2. The Kier molecular flexibility index (Phi) is 2.80. The molecule has 18 heavy (non-hydrogen) atoms. The van der Waals surface area contributed by atoms with Crippen LogP contribution in [0.1, 0.15) is 0 Å². The summed E-state index contributed by atoms with van der Waals surface area (Å²) >= 11 is 0. The molecular weight excluding hydrogens is 224 g/mol. The Morgan fingerprint density at radius 3 is 2.44 bits per heavy atom. The van der Waals surface area contributed by atoms with Gasteiger partial charge in [-0.05, 0) is 35.7 Å². The quantitative estimate of drug-likeness (QED) is 0.682. The molecule has 1 heterocycles. The maximum Gasteiger partial charge on any atom is 0.170 e. The van der Waals surface area contributed by atoms with Crippen LogP contribution in [0.5, 0.6) is 5.75 Å². The van der Waals surface area contributed by atoms with Crippen molar-refractivity contribution in [2.45, 2.75) is 0 Å². The molecule has 1 aromatic heterocycles. The minimum absolute atomic E-state index is 0.692. The number of pyridine rings is 1. The van der Waals surface area contributed by atoms with Gasteiger partial charge in [-0.25, -0.2) is 0 Å². The standard InChI is InChI=1S/C15H12N2O/c1-2-7-13(8-3-1)18-17-15-11-10-12-6-4-5-9-14(12)16-15/h1-11H,(H,16,17). The number of rotatable bonds is 2. The van der Waals surface area contributed by atoms with Gasteiger partial charge in [-0.3, -0.25) is 0 Å². The summed E-state index contributed by atoms with van der Waals surface area (Å²) in [5.41, 5.74) is 1.73. The highest BCUT2D eigenvalue weighted by atomic mass is 16.6. The van der Waals surface area contributed by atoms with Crippen molar-refractivity contribution in [2.24, 2.45) is 5.16 Å². The number of fused-ring (bicyclic) bond motifs is 1. The highest BCUT2D eigenvalue weighted by Gasteiger charge is 1.92. The van der Waals surface area contributed by atoms with Gasteiger partial charge in [-0.2, -0.15) is 0 Å². The van der Waals surface area contributed by atoms with E-state index >= 15 is 0 Å². The highest BCUT2D eigenvalue weighted by Crippen LogP contribution is 2.09. The molecule has 0 atom stereocenters. The zero-order chi connectivity index (χ0) is 12.2. The number of benzene rings is 2. The van der Waals surface area contributed by atoms with Crippen LogP contribution in [0.4, 0.5) is 0 Å². The van der Waals surface area contributed by atoms with E-state index in [1.807, 2.05) is 66.7 Å². The van der Waals surface area contributed by atoms with Crippen LogP contribution in [0.2, 0.25) is 0 Å². The lowest BCUT2D eigenvalue weighted by molar-refractivity contribution is 0.322. The number of aromatic amines is 1. The van der Waals surface area contributed by atoms with Crippen molar-refractivity contribution in [1.29, 1.82) is 0 Å². The zero-order valence-electron chi connectivity index (χ0n) is 9.71. The summed E-state index contributed by atoms with van der Waals surface area (Å²) in [6.07, 6.45) is 0.